The monoisotopic (exact) mass is 545 g/mol. The minimum absolute atomic E-state index is 0.0617. The first-order valence-corrected chi connectivity index (χ1v) is 13.0. The lowest BCUT2D eigenvalue weighted by molar-refractivity contribution is -0.384. The molecule has 11 nitrogen and oxygen atoms in total. The topological polar surface area (TPSA) is 145 Å². The van der Waals surface area contributed by atoms with Crippen molar-refractivity contribution in [2.45, 2.75) is 38.6 Å². The average Bonchev–Trinajstić information content (AvgIpc) is 3.55. The number of benzene rings is 2. The molecule has 40 heavy (non-hydrogen) atoms. The van der Waals surface area contributed by atoms with Crippen molar-refractivity contribution in [2.24, 2.45) is 11.8 Å². The number of esters is 1. The SMILES string of the molecule is CCOc1cc(/C=C2\C(=O)NC(=O)N([C@@H]3C[C@H]4CC[C@H]3C4)C2=O)ccc1OC(=O)/C=C/c1ccc([N+](=O)[O-])cc1. The van der Waals surface area contributed by atoms with Gasteiger partial charge in [0.15, 0.2) is 11.5 Å². The highest BCUT2D eigenvalue weighted by Crippen LogP contribution is 2.47. The Labute approximate surface area is 229 Å². The number of urea groups is 1. The third-order valence-electron chi connectivity index (χ3n) is 7.47. The first kappa shape index (κ1) is 26.8. The van der Waals surface area contributed by atoms with Crippen molar-refractivity contribution in [3.63, 3.8) is 0 Å². The number of nitrogens with zero attached hydrogens (tertiary/aromatic N) is 2. The van der Waals surface area contributed by atoms with E-state index >= 15 is 0 Å². The van der Waals surface area contributed by atoms with E-state index in [9.17, 15) is 29.3 Å². The maximum Gasteiger partial charge on any atom is 0.336 e. The average molecular weight is 546 g/mol. The fourth-order valence-electron chi connectivity index (χ4n) is 5.65. The smallest absolute Gasteiger partial charge is 0.336 e. The maximum atomic E-state index is 13.3. The molecule has 3 aliphatic rings. The van der Waals surface area contributed by atoms with Crippen LogP contribution in [-0.4, -0.2) is 46.3 Å². The lowest BCUT2D eigenvalue weighted by Gasteiger charge is -2.35. The predicted molar refractivity (Wildman–Crippen MR) is 143 cm³/mol. The van der Waals surface area contributed by atoms with E-state index in [0.717, 1.165) is 25.7 Å². The molecule has 1 N–H and O–H groups in total. The molecule has 0 unspecified atom stereocenters. The molecule has 0 radical (unpaired) electrons. The van der Waals surface area contributed by atoms with E-state index in [2.05, 4.69) is 5.32 Å². The number of carbonyl (C=O) groups excluding carboxylic acids is 4. The minimum Gasteiger partial charge on any atom is -0.490 e. The first-order valence-electron chi connectivity index (χ1n) is 13.0. The van der Waals surface area contributed by atoms with E-state index in [1.807, 2.05) is 0 Å². The van der Waals surface area contributed by atoms with E-state index in [-0.39, 0.29) is 41.3 Å². The summed E-state index contributed by atoms with van der Waals surface area (Å²) in [6, 6.07) is 9.38. The van der Waals surface area contributed by atoms with Gasteiger partial charge in [-0.3, -0.25) is 29.9 Å². The molecule has 0 spiro atoms. The molecule has 1 heterocycles. The van der Waals surface area contributed by atoms with Crippen LogP contribution in [-0.2, 0) is 14.4 Å². The van der Waals surface area contributed by atoms with Crippen molar-refractivity contribution in [1.29, 1.82) is 0 Å². The lowest BCUT2D eigenvalue weighted by atomic mass is 9.93. The molecule has 2 aromatic rings. The Morgan fingerprint density at radius 1 is 1.07 bits per heavy atom. The molecular formula is C29H27N3O8. The van der Waals surface area contributed by atoms with Crippen molar-refractivity contribution in [1.82, 2.24) is 10.2 Å². The third-order valence-corrected chi connectivity index (χ3v) is 7.47. The van der Waals surface area contributed by atoms with Crippen LogP contribution in [0, 0.1) is 22.0 Å². The van der Waals surface area contributed by atoms with Gasteiger partial charge < -0.3 is 9.47 Å². The van der Waals surface area contributed by atoms with Gasteiger partial charge in [-0.1, -0.05) is 12.5 Å². The number of imide groups is 2. The van der Waals surface area contributed by atoms with Crippen LogP contribution in [0.1, 0.15) is 43.7 Å². The van der Waals surface area contributed by atoms with Crippen molar-refractivity contribution in [3.8, 4) is 11.5 Å². The molecule has 4 amide bonds. The zero-order valence-corrected chi connectivity index (χ0v) is 21.7. The second-order valence-corrected chi connectivity index (χ2v) is 9.98. The quantitative estimate of drug-likeness (QED) is 0.129. The summed E-state index contributed by atoms with van der Waals surface area (Å²) < 4.78 is 11.0. The van der Waals surface area contributed by atoms with Crippen LogP contribution in [0.5, 0.6) is 11.5 Å². The van der Waals surface area contributed by atoms with Crippen LogP contribution in [0.2, 0.25) is 0 Å². The van der Waals surface area contributed by atoms with Crippen molar-refractivity contribution in [3.05, 3.63) is 75.4 Å². The molecular weight excluding hydrogens is 518 g/mol. The first-order chi connectivity index (χ1) is 19.2. The highest BCUT2D eigenvalue weighted by molar-refractivity contribution is 6.31. The van der Waals surface area contributed by atoms with Gasteiger partial charge in [-0.05, 0) is 85.6 Å². The Balaban J connectivity index is 1.32. The molecule has 1 aliphatic heterocycles. The number of rotatable bonds is 8. The Kier molecular flexibility index (Phi) is 7.45. The van der Waals surface area contributed by atoms with E-state index in [1.165, 1.54) is 59.5 Å². The number of nitro groups is 1. The number of nitrogens with one attached hydrogen (secondary N) is 1. The molecule has 5 rings (SSSR count). The second-order valence-electron chi connectivity index (χ2n) is 9.98. The second kappa shape index (κ2) is 11.1. The molecule has 1 saturated heterocycles. The number of hydrogen-bond acceptors (Lipinski definition) is 8. The van der Waals surface area contributed by atoms with Gasteiger partial charge in [-0.2, -0.15) is 0 Å². The van der Waals surface area contributed by atoms with Gasteiger partial charge in [0.1, 0.15) is 5.57 Å². The van der Waals surface area contributed by atoms with Crippen molar-refractivity contribution in [2.75, 3.05) is 6.61 Å². The fourth-order valence-corrected chi connectivity index (χ4v) is 5.65. The molecule has 2 aromatic carbocycles. The molecule has 2 aliphatic carbocycles. The number of non-ortho nitro benzene ring substituents is 1. The van der Waals surface area contributed by atoms with Gasteiger partial charge in [0, 0.05) is 24.3 Å². The largest absolute Gasteiger partial charge is 0.490 e. The highest BCUT2D eigenvalue weighted by Gasteiger charge is 2.49. The summed E-state index contributed by atoms with van der Waals surface area (Å²) in [7, 11) is 0. The van der Waals surface area contributed by atoms with Gasteiger partial charge in [0.2, 0.25) is 0 Å². The van der Waals surface area contributed by atoms with Crippen LogP contribution >= 0.6 is 0 Å². The Morgan fingerprint density at radius 2 is 1.82 bits per heavy atom. The number of fused-ring (bicyclic) bond motifs is 2. The number of ether oxygens (including phenoxy) is 2. The van der Waals surface area contributed by atoms with E-state index < -0.39 is 28.7 Å². The van der Waals surface area contributed by atoms with Gasteiger partial charge in [-0.15, -0.1) is 0 Å². The van der Waals surface area contributed by atoms with Gasteiger partial charge in [0.05, 0.1) is 11.5 Å². The number of barbiturate groups is 1. The molecule has 0 aromatic heterocycles. The molecule has 3 fully saturated rings. The third kappa shape index (κ3) is 5.49. The van der Waals surface area contributed by atoms with Gasteiger partial charge in [-0.25, -0.2) is 9.59 Å². The van der Waals surface area contributed by atoms with Crippen LogP contribution in [0.25, 0.3) is 12.2 Å². The summed E-state index contributed by atoms with van der Waals surface area (Å²) >= 11 is 0. The number of nitro benzene ring substituents is 1. The summed E-state index contributed by atoms with van der Waals surface area (Å²) in [6.45, 7) is 2.01. The van der Waals surface area contributed by atoms with Crippen LogP contribution in [0.4, 0.5) is 10.5 Å². The summed E-state index contributed by atoms with van der Waals surface area (Å²) in [5.41, 5.74) is 0.808. The number of carbonyl (C=O) groups is 4. The minimum atomic E-state index is -0.765. The fraction of sp³-hybridized carbons (Fsp3) is 0.310. The van der Waals surface area contributed by atoms with E-state index in [0.29, 0.717) is 17.0 Å². The van der Waals surface area contributed by atoms with Crippen LogP contribution < -0.4 is 14.8 Å². The number of amides is 4. The zero-order chi connectivity index (χ0) is 28.4. The van der Waals surface area contributed by atoms with Crippen molar-refractivity contribution >= 4 is 41.7 Å². The molecule has 3 atom stereocenters. The highest BCUT2D eigenvalue weighted by atomic mass is 16.6. The molecule has 2 bridgehead atoms. The van der Waals surface area contributed by atoms with Crippen LogP contribution in [0.3, 0.4) is 0 Å². The molecule has 2 saturated carbocycles. The lowest BCUT2D eigenvalue weighted by Crippen LogP contribution is -2.58. The Morgan fingerprint density at radius 3 is 2.48 bits per heavy atom. The standard InChI is InChI=1S/C29H27N3O8/c1-2-39-25-16-19(6-11-24(25)40-26(33)12-7-17-4-9-21(10-5-17)32(37)38)14-22-27(34)30-29(36)31(28(22)35)23-15-18-3-8-20(23)13-18/h4-7,9-12,14,16,18,20,23H,2-3,8,13,15H2,1H3,(H,30,34,36)/b12-7+,22-14+/t18-,20-,23+/m0/s1. The Hall–Kier alpha value is -4.80. The van der Waals surface area contributed by atoms with Gasteiger partial charge >= 0.3 is 12.0 Å². The maximum absolute atomic E-state index is 13.3. The van der Waals surface area contributed by atoms with Crippen molar-refractivity contribution < 1.29 is 33.6 Å². The predicted octanol–water partition coefficient (Wildman–Crippen LogP) is 4.26. The summed E-state index contributed by atoms with van der Waals surface area (Å²) in [6.07, 6.45) is 7.87. The zero-order valence-electron chi connectivity index (χ0n) is 21.7. The summed E-state index contributed by atoms with van der Waals surface area (Å²) in [5.74, 6) is -0.961. The van der Waals surface area contributed by atoms with E-state index in [4.69, 9.17) is 9.47 Å². The van der Waals surface area contributed by atoms with Crippen LogP contribution in [0.15, 0.2) is 54.1 Å². The normalized spacial score (nSPS) is 23.1. The Bertz CT molecular complexity index is 1450. The van der Waals surface area contributed by atoms with Gasteiger partial charge in [0.25, 0.3) is 17.5 Å². The summed E-state index contributed by atoms with van der Waals surface area (Å²) in [4.78, 5) is 62.4. The molecule has 206 valence electrons. The summed E-state index contributed by atoms with van der Waals surface area (Å²) in [5, 5.41) is 13.1. The number of hydrogen-bond donors (Lipinski definition) is 1. The van der Waals surface area contributed by atoms with E-state index in [1.54, 1.807) is 13.0 Å². The molecule has 11 heteroatoms.